The van der Waals surface area contributed by atoms with Crippen molar-refractivity contribution in [3.63, 3.8) is 0 Å². The summed E-state index contributed by atoms with van der Waals surface area (Å²) in [5.74, 6) is 0. The summed E-state index contributed by atoms with van der Waals surface area (Å²) in [4.78, 5) is 0. The van der Waals surface area contributed by atoms with Gasteiger partial charge in [0, 0.05) is 0 Å². The molecule has 0 atom stereocenters. The predicted molar refractivity (Wildman–Crippen MR) is 36.4 cm³/mol. The molecule has 0 aliphatic carbocycles. The normalized spacial score (nSPS) is 14.5. The third-order valence-corrected chi connectivity index (χ3v) is 2.07. The van der Waals surface area contributed by atoms with Gasteiger partial charge in [-0.1, -0.05) is 0 Å². The molecule has 2 N–H and O–H groups in total. The topological polar surface area (TPSA) is 24.1 Å². The highest BCUT2D eigenvalue weighted by Crippen LogP contribution is 2.31. The molecular formula is C5H6N2S. The lowest BCUT2D eigenvalue weighted by Crippen LogP contribution is -1.99. The fraction of sp³-hybridized carbons (Fsp3) is 0.200. The van der Waals surface area contributed by atoms with Crippen LogP contribution in [-0.4, -0.2) is 6.67 Å². The van der Waals surface area contributed by atoms with Gasteiger partial charge < -0.3 is 10.6 Å². The predicted octanol–water partition coefficient (Wildman–Crippen LogP) is 1.54. The van der Waals surface area contributed by atoms with E-state index in [4.69, 9.17) is 0 Å². The fourth-order valence-corrected chi connectivity index (χ4v) is 1.57. The van der Waals surface area contributed by atoms with Crippen molar-refractivity contribution < 1.29 is 0 Å². The second kappa shape index (κ2) is 1.39. The van der Waals surface area contributed by atoms with Crippen molar-refractivity contribution >= 4 is 22.0 Å². The van der Waals surface area contributed by atoms with Gasteiger partial charge in [0.15, 0.2) is 0 Å². The van der Waals surface area contributed by atoms with Gasteiger partial charge in [-0.25, -0.2) is 0 Å². The summed E-state index contributed by atoms with van der Waals surface area (Å²) in [6, 6.07) is 2.08. The molecule has 0 fully saturated rings. The van der Waals surface area contributed by atoms with Gasteiger partial charge in [-0.2, -0.15) is 0 Å². The van der Waals surface area contributed by atoms with Crippen LogP contribution >= 0.6 is 11.3 Å². The van der Waals surface area contributed by atoms with Crippen LogP contribution in [-0.2, 0) is 0 Å². The van der Waals surface area contributed by atoms with E-state index in [1.54, 1.807) is 11.3 Å². The second-order valence-electron chi connectivity index (χ2n) is 1.69. The van der Waals surface area contributed by atoms with Crippen molar-refractivity contribution in [2.75, 3.05) is 17.3 Å². The Hall–Kier alpha value is -0.700. The summed E-state index contributed by atoms with van der Waals surface area (Å²) in [7, 11) is 0. The SMILES string of the molecule is c1cc2c(s1)NCN2. The Kier molecular flexibility index (Phi) is 0.729. The van der Waals surface area contributed by atoms with E-state index in [2.05, 4.69) is 22.1 Å². The molecule has 1 aliphatic rings. The molecule has 0 bridgehead atoms. The van der Waals surface area contributed by atoms with Crippen LogP contribution in [0.4, 0.5) is 10.7 Å². The van der Waals surface area contributed by atoms with Gasteiger partial charge in [0.05, 0.1) is 12.4 Å². The van der Waals surface area contributed by atoms with Crippen molar-refractivity contribution in [1.82, 2.24) is 0 Å². The maximum Gasteiger partial charge on any atom is 0.113 e. The van der Waals surface area contributed by atoms with Crippen LogP contribution in [0.15, 0.2) is 11.4 Å². The van der Waals surface area contributed by atoms with Crippen LogP contribution in [0.2, 0.25) is 0 Å². The van der Waals surface area contributed by atoms with Crippen LogP contribution in [0.25, 0.3) is 0 Å². The van der Waals surface area contributed by atoms with Gasteiger partial charge >= 0.3 is 0 Å². The smallest absolute Gasteiger partial charge is 0.113 e. The quantitative estimate of drug-likeness (QED) is 0.551. The Morgan fingerprint density at radius 2 is 2.50 bits per heavy atom. The first-order valence-electron chi connectivity index (χ1n) is 2.52. The summed E-state index contributed by atoms with van der Waals surface area (Å²) in [5.41, 5.74) is 1.25. The number of nitrogens with one attached hydrogen (secondary N) is 2. The standard InChI is InChI=1S/C5H6N2S/c1-2-8-5-4(1)6-3-7-5/h1-2,6-7H,3H2. The van der Waals surface area contributed by atoms with Gasteiger partial charge in [-0.05, 0) is 11.4 Å². The Bertz CT molecular complexity index is 176. The summed E-state index contributed by atoms with van der Waals surface area (Å²) in [6.07, 6.45) is 0. The summed E-state index contributed by atoms with van der Waals surface area (Å²) in [5, 5.41) is 9.71. The minimum Gasteiger partial charge on any atom is -0.366 e. The maximum atomic E-state index is 3.19. The van der Waals surface area contributed by atoms with Crippen molar-refractivity contribution in [2.24, 2.45) is 0 Å². The number of anilines is 2. The molecule has 42 valence electrons. The molecule has 0 saturated heterocycles. The third kappa shape index (κ3) is 0.419. The average Bonchev–Trinajstić information content (AvgIpc) is 2.15. The lowest BCUT2D eigenvalue weighted by molar-refractivity contribution is 1.31. The first-order chi connectivity index (χ1) is 3.97. The van der Waals surface area contributed by atoms with Gasteiger partial charge in [0.1, 0.15) is 5.00 Å². The van der Waals surface area contributed by atoms with Crippen molar-refractivity contribution in [3.8, 4) is 0 Å². The van der Waals surface area contributed by atoms with E-state index in [-0.39, 0.29) is 0 Å². The Morgan fingerprint density at radius 1 is 1.50 bits per heavy atom. The molecule has 1 aromatic rings. The molecule has 1 aliphatic heterocycles. The van der Waals surface area contributed by atoms with E-state index >= 15 is 0 Å². The van der Waals surface area contributed by atoms with Crippen LogP contribution in [0.1, 0.15) is 0 Å². The molecule has 2 rings (SSSR count). The Labute approximate surface area is 51.5 Å². The molecule has 1 aromatic heterocycles. The third-order valence-electron chi connectivity index (χ3n) is 1.19. The monoisotopic (exact) mass is 126 g/mol. The van der Waals surface area contributed by atoms with Crippen LogP contribution < -0.4 is 10.6 Å². The summed E-state index contributed by atoms with van der Waals surface area (Å²) in [6.45, 7) is 0.891. The zero-order valence-electron chi connectivity index (χ0n) is 4.27. The van der Waals surface area contributed by atoms with Crippen LogP contribution in [0.3, 0.4) is 0 Å². The van der Waals surface area contributed by atoms with Crippen LogP contribution in [0.5, 0.6) is 0 Å². The Morgan fingerprint density at radius 3 is 3.38 bits per heavy atom. The lowest BCUT2D eigenvalue weighted by atomic mass is 10.5. The van der Waals surface area contributed by atoms with Crippen molar-refractivity contribution in [1.29, 1.82) is 0 Å². The van der Waals surface area contributed by atoms with Gasteiger partial charge in [-0.15, -0.1) is 11.3 Å². The minimum absolute atomic E-state index is 0.891. The molecular weight excluding hydrogens is 120 g/mol. The van der Waals surface area contributed by atoms with E-state index in [1.165, 1.54) is 10.7 Å². The molecule has 2 heterocycles. The van der Waals surface area contributed by atoms with Gasteiger partial charge in [-0.3, -0.25) is 0 Å². The zero-order chi connectivity index (χ0) is 5.40. The first kappa shape index (κ1) is 4.21. The first-order valence-corrected chi connectivity index (χ1v) is 3.40. The number of thiophene rings is 1. The molecule has 2 nitrogen and oxygen atoms in total. The maximum absolute atomic E-state index is 3.19. The molecule has 3 heteroatoms. The molecule has 0 saturated carbocycles. The zero-order valence-corrected chi connectivity index (χ0v) is 5.09. The van der Waals surface area contributed by atoms with Crippen molar-refractivity contribution in [3.05, 3.63) is 11.4 Å². The molecule has 0 spiro atoms. The molecule has 0 amide bonds. The number of hydrogen-bond donors (Lipinski definition) is 2. The van der Waals surface area contributed by atoms with Gasteiger partial charge in [0.2, 0.25) is 0 Å². The van der Waals surface area contributed by atoms with Gasteiger partial charge in [0.25, 0.3) is 0 Å². The van der Waals surface area contributed by atoms with Crippen LogP contribution in [0, 0.1) is 0 Å². The number of hydrogen-bond acceptors (Lipinski definition) is 3. The Balaban J connectivity index is 2.54. The van der Waals surface area contributed by atoms with E-state index < -0.39 is 0 Å². The van der Waals surface area contributed by atoms with E-state index in [0.29, 0.717) is 0 Å². The van der Waals surface area contributed by atoms with Crippen molar-refractivity contribution in [2.45, 2.75) is 0 Å². The molecule has 0 aromatic carbocycles. The second-order valence-corrected chi connectivity index (χ2v) is 2.61. The molecule has 0 radical (unpaired) electrons. The van der Waals surface area contributed by atoms with E-state index in [1.807, 2.05) is 0 Å². The number of rotatable bonds is 0. The van der Waals surface area contributed by atoms with E-state index in [0.717, 1.165) is 6.67 Å². The minimum atomic E-state index is 0.891. The highest BCUT2D eigenvalue weighted by atomic mass is 32.1. The fourth-order valence-electron chi connectivity index (χ4n) is 0.805. The largest absolute Gasteiger partial charge is 0.366 e. The number of fused-ring (bicyclic) bond motifs is 1. The average molecular weight is 126 g/mol. The summed E-state index contributed by atoms with van der Waals surface area (Å²) >= 11 is 1.74. The lowest BCUT2D eigenvalue weighted by Gasteiger charge is -1.86. The van der Waals surface area contributed by atoms with E-state index in [9.17, 15) is 0 Å². The molecule has 8 heavy (non-hydrogen) atoms. The molecule has 0 unspecified atom stereocenters. The summed E-state index contributed by atoms with van der Waals surface area (Å²) < 4.78 is 0. The highest BCUT2D eigenvalue weighted by molar-refractivity contribution is 7.15. The highest BCUT2D eigenvalue weighted by Gasteiger charge is 2.07.